The quantitative estimate of drug-likeness (QED) is 0.854. The highest BCUT2D eigenvalue weighted by Crippen LogP contribution is 2.35. The molecule has 1 aromatic rings. The van der Waals surface area contributed by atoms with Crippen LogP contribution in [0.5, 0.6) is 5.75 Å². The predicted octanol–water partition coefficient (Wildman–Crippen LogP) is 1.64. The van der Waals surface area contributed by atoms with E-state index in [0.717, 1.165) is 17.9 Å². The van der Waals surface area contributed by atoms with Crippen LogP contribution in [-0.4, -0.2) is 56.9 Å². The van der Waals surface area contributed by atoms with Crippen LogP contribution in [0.25, 0.3) is 0 Å². The van der Waals surface area contributed by atoms with E-state index < -0.39 is 0 Å². The second-order valence-corrected chi connectivity index (χ2v) is 6.67. The van der Waals surface area contributed by atoms with Crippen molar-refractivity contribution in [2.24, 2.45) is 0 Å². The average molecular weight is 338 g/mol. The van der Waals surface area contributed by atoms with Gasteiger partial charge in [0.05, 0.1) is 19.3 Å². The molecule has 0 saturated carbocycles. The second kappa shape index (κ2) is 7.90. The largest absolute Gasteiger partial charge is 0.488 e. The lowest BCUT2D eigenvalue weighted by Crippen LogP contribution is -2.48. The number of methoxy groups -OCH3 is 1. The van der Waals surface area contributed by atoms with Crippen molar-refractivity contribution in [3.63, 3.8) is 0 Å². The molecule has 3 rings (SSSR count). The van der Waals surface area contributed by atoms with Gasteiger partial charge in [-0.3, -0.25) is 0 Å². The van der Waals surface area contributed by atoms with Crippen molar-refractivity contribution in [1.82, 2.24) is 10.6 Å². The van der Waals surface area contributed by atoms with Gasteiger partial charge in [-0.2, -0.15) is 0 Å². The summed E-state index contributed by atoms with van der Waals surface area (Å²) in [6.45, 7) is 1.59. The van der Waals surface area contributed by atoms with Crippen molar-refractivity contribution in [1.29, 1.82) is 0 Å². The fraction of sp³-hybridized carbons (Fsp3) is 0.562. The first-order chi connectivity index (χ1) is 11.3. The van der Waals surface area contributed by atoms with Crippen molar-refractivity contribution in [2.45, 2.75) is 29.6 Å². The minimum Gasteiger partial charge on any atom is -0.488 e. The van der Waals surface area contributed by atoms with Crippen LogP contribution < -0.4 is 15.4 Å². The molecule has 6 nitrogen and oxygen atoms in total. The molecule has 1 unspecified atom stereocenters. The maximum absolute atomic E-state index is 11.9. The Bertz CT molecular complexity index is 543. The summed E-state index contributed by atoms with van der Waals surface area (Å²) in [5.41, 5.74) is 0. The summed E-state index contributed by atoms with van der Waals surface area (Å²) in [6, 6.07) is 7.77. The molecule has 2 amide bonds. The van der Waals surface area contributed by atoms with Crippen molar-refractivity contribution in [3.05, 3.63) is 24.3 Å². The Morgan fingerprint density at radius 3 is 3.13 bits per heavy atom. The molecule has 2 N–H and O–H groups in total. The number of hydrogen-bond donors (Lipinski definition) is 2. The highest BCUT2D eigenvalue weighted by molar-refractivity contribution is 7.99. The van der Waals surface area contributed by atoms with Gasteiger partial charge in [0.1, 0.15) is 18.0 Å². The van der Waals surface area contributed by atoms with Crippen LogP contribution in [0.4, 0.5) is 4.79 Å². The van der Waals surface area contributed by atoms with E-state index in [1.807, 2.05) is 18.2 Å². The van der Waals surface area contributed by atoms with Gasteiger partial charge in [0.15, 0.2) is 0 Å². The Morgan fingerprint density at radius 1 is 1.39 bits per heavy atom. The standard InChI is InChI=1S/C16H22N2O4S/c1-20-14-9-21-8-12(14)18-16(19)17-7-6-11-10-23-15-5-3-2-4-13(15)22-11/h2-5,11-12,14H,6-10H2,1H3,(H2,17,18,19)/t11?,12-,14-/m1/s1. The zero-order valence-corrected chi connectivity index (χ0v) is 13.9. The van der Waals surface area contributed by atoms with E-state index in [-0.39, 0.29) is 24.3 Å². The van der Waals surface area contributed by atoms with Gasteiger partial charge < -0.3 is 24.8 Å². The maximum Gasteiger partial charge on any atom is 0.315 e. The number of benzene rings is 1. The third-order valence-electron chi connectivity index (χ3n) is 3.97. The van der Waals surface area contributed by atoms with Crippen molar-refractivity contribution < 1.29 is 19.0 Å². The van der Waals surface area contributed by atoms with Crippen molar-refractivity contribution in [3.8, 4) is 5.75 Å². The van der Waals surface area contributed by atoms with Crippen LogP contribution >= 0.6 is 11.8 Å². The highest BCUT2D eigenvalue weighted by Gasteiger charge is 2.29. The molecule has 1 fully saturated rings. The molecule has 1 aromatic carbocycles. The molecule has 0 aromatic heterocycles. The van der Waals surface area contributed by atoms with Crippen molar-refractivity contribution in [2.75, 3.05) is 32.6 Å². The SMILES string of the molecule is CO[C@@H]1COC[C@H]1NC(=O)NCCC1CSc2ccccc2O1. The van der Waals surface area contributed by atoms with Crippen LogP contribution in [0.15, 0.2) is 29.2 Å². The van der Waals surface area contributed by atoms with Crippen LogP contribution in [0, 0.1) is 0 Å². The zero-order valence-electron chi connectivity index (χ0n) is 13.1. The summed E-state index contributed by atoms with van der Waals surface area (Å²) >= 11 is 1.80. The van der Waals surface area contributed by atoms with Gasteiger partial charge in [0.25, 0.3) is 0 Å². The first-order valence-corrected chi connectivity index (χ1v) is 8.78. The first-order valence-electron chi connectivity index (χ1n) is 7.79. The summed E-state index contributed by atoms with van der Waals surface area (Å²) in [6.07, 6.45) is 0.830. The number of carbonyl (C=O) groups is 1. The van der Waals surface area contributed by atoms with Gasteiger partial charge in [0.2, 0.25) is 0 Å². The lowest BCUT2D eigenvalue weighted by molar-refractivity contribution is 0.0745. The van der Waals surface area contributed by atoms with E-state index in [1.54, 1.807) is 18.9 Å². The molecule has 2 aliphatic heterocycles. The molecule has 2 heterocycles. The van der Waals surface area contributed by atoms with E-state index in [0.29, 0.717) is 19.8 Å². The molecule has 3 atom stereocenters. The summed E-state index contributed by atoms with van der Waals surface area (Å²) in [5.74, 6) is 1.84. The van der Waals surface area contributed by atoms with Crippen LogP contribution in [0.3, 0.4) is 0 Å². The molecule has 0 radical (unpaired) electrons. The smallest absolute Gasteiger partial charge is 0.315 e. The number of rotatable bonds is 5. The summed E-state index contributed by atoms with van der Waals surface area (Å²) in [5, 5.41) is 5.76. The Balaban J connectivity index is 1.37. The maximum atomic E-state index is 11.9. The van der Waals surface area contributed by atoms with Gasteiger partial charge in [-0.15, -0.1) is 11.8 Å². The fourth-order valence-electron chi connectivity index (χ4n) is 2.67. The van der Waals surface area contributed by atoms with E-state index in [1.165, 1.54) is 4.90 Å². The van der Waals surface area contributed by atoms with Crippen LogP contribution in [0.2, 0.25) is 0 Å². The highest BCUT2D eigenvalue weighted by atomic mass is 32.2. The van der Waals surface area contributed by atoms with E-state index >= 15 is 0 Å². The minimum absolute atomic E-state index is 0.0738. The number of thioether (sulfide) groups is 1. The topological polar surface area (TPSA) is 68.8 Å². The fourth-order valence-corrected chi connectivity index (χ4v) is 3.71. The van der Waals surface area contributed by atoms with Crippen LogP contribution in [0.1, 0.15) is 6.42 Å². The number of fused-ring (bicyclic) bond motifs is 1. The minimum atomic E-state index is -0.189. The number of ether oxygens (including phenoxy) is 3. The number of hydrogen-bond acceptors (Lipinski definition) is 5. The van der Waals surface area contributed by atoms with Crippen molar-refractivity contribution >= 4 is 17.8 Å². The number of para-hydroxylation sites is 1. The number of urea groups is 1. The normalized spacial score (nSPS) is 26.2. The molecule has 2 aliphatic rings. The lowest BCUT2D eigenvalue weighted by atomic mass is 10.2. The van der Waals surface area contributed by atoms with E-state index in [4.69, 9.17) is 14.2 Å². The van der Waals surface area contributed by atoms with Crippen LogP contribution in [-0.2, 0) is 9.47 Å². The molecule has 0 spiro atoms. The molecule has 126 valence electrons. The first kappa shape index (κ1) is 16.4. The molecule has 0 bridgehead atoms. The van der Waals surface area contributed by atoms with Gasteiger partial charge in [0, 0.05) is 30.7 Å². The predicted molar refractivity (Wildman–Crippen MR) is 88.1 cm³/mol. The average Bonchev–Trinajstić information content (AvgIpc) is 3.02. The Kier molecular flexibility index (Phi) is 5.64. The zero-order chi connectivity index (χ0) is 16.1. The Hall–Kier alpha value is -1.44. The lowest BCUT2D eigenvalue weighted by Gasteiger charge is -2.25. The van der Waals surface area contributed by atoms with Gasteiger partial charge in [-0.05, 0) is 12.1 Å². The summed E-state index contributed by atoms with van der Waals surface area (Å²) in [4.78, 5) is 13.1. The number of nitrogens with one attached hydrogen (secondary N) is 2. The molecule has 23 heavy (non-hydrogen) atoms. The second-order valence-electron chi connectivity index (χ2n) is 5.60. The summed E-state index contributed by atoms with van der Waals surface area (Å²) < 4.78 is 16.5. The molecular formula is C16H22N2O4S. The van der Waals surface area contributed by atoms with Gasteiger partial charge >= 0.3 is 6.03 Å². The molecule has 1 saturated heterocycles. The molecule has 7 heteroatoms. The number of carbonyl (C=O) groups excluding carboxylic acids is 1. The van der Waals surface area contributed by atoms with E-state index in [9.17, 15) is 4.79 Å². The number of amides is 2. The summed E-state index contributed by atoms with van der Waals surface area (Å²) in [7, 11) is 1.63. The molecule has 0 aliphatic carbocycles. The Labute approximate surface area is 140 Å². The monoisotopic (exact) mass is 338 g/mol. The van der Waals surface area contributed by atoms with Gasteiger partial charge in [-0.25, -0.2) is 4.79 Å². The van der Waals surface area contributed by atoms with E-state index in [2.05, 4.69) is 16.7 Å². The molecular weight excluding hydrogens is 316 g/mol. The third-order valence-corrected chi connectivity index (χ3v) is 5.15. The van der Waals surface area contributed by atoms with Gasteiger partial charge in [-0.1, -0.05) is 12.1 Å². The Morgan fingerprint density at radius 2 is 2.26 bits per heavy atom. The third kappa shape index (κ3) is 4.31.